The highest BCUT2D eigenvalue weighted by molar-refractivity contribution is 7.89. The molecule has 0 bridgehead atoms. The summed E-state index contributed by atoms with van der Waals surface area (Å²) < 4.78 is 34.4. The van der Waals surface area contributed by atoms with E-state index in [0.29, 0.717) is 35.3 Å². The molecule has 1 aliphatic carbocycles. The number of sulfonamides is 1. The minimum absolute atomic E-state index is 0.00327. The molecular formula is C25H24N2O7S. The Bertz CT molecular complexity index is 1390. The molecule has 0 amide bonds. The SMILES string of the molecule is Cc1ccc(-c2ccc(S(=O)(=O)N[C@@H]3CCCc4c(OCC(=O)O)cccc43)cc2)cc1[N+](=O)[O-]. The number of fused-ring (bicyclic) bond motifs is 1. The number of hydrogen-bond acceptors (Lipinski definition) is 6. The summed E-state index contributed by atoms with van der Waals surface area (Å²) in [7, 11) is -3.86. The average Bonchev–Trinajstić information content (AvgIpc) is 2.83. The fraction of sp³-hybridized carbons (Fsp3) is 0.240. The molecule has 0 aromatic heterocycles. The normalized spacial score (nSPS) is 15.3. The number of aliphatic carboxylic acids is 1. The van der Waals surface area contributed by atoms with Gasteiger partial charge in [0.25, 0.3) is 5.69 Å². The van der Waals surface area contributed by atoms with Crippen LogP contribution < -0.4 is 9.46 Å². The summed E-state index contributed by atoms with van der Waals surface area (Å²) in [5, 5.41) is 20.1. The van der Waals surface area contributed by atoms with E-state index in [1.807, 2.05) is 6.07 Å². The van der Waals surface area contributed by atoms with E-state index >= 15 is 0 Å². The third kappa shape index (κ3) is 5.33. The van der Waals surface area contributed by atoms with Gasteiger partial charge in [0.2, 0.25) is 10.0 Å². The van der Waals surface area contributed by atoms with Crippen LogP contribution in [0.15, 0.2) is 65.6 Å². The predicted molar refractivity (Wildman–Crippen MR) is 129 cm³/mol. The topological polar surface area (TPSA) is 136 Å². The van der Waals surface area contributed by atoms with E-state index in [-0.39, 0.29) is 10.6 Å². The number of nitro groups is 1. The molecule has 0 fully saturated rings. The molecule has 2 N–H and O–H groups in total. The number of aryl methyl sites for hydroxylation is 1. The van der Waals surface area contributed by atoms with Crippen molar-refractivity contribution >= 4 is 21.7 Å². The van der Waals surface area contributed by atoms with Crippen molar-refractivity contribution in [1.29, 1.82) is 0 Å². The first-order valence-electron chi connectivity index (χ1n) is 11.0. The van der Waals surface area contributed by atoms with Crippen molar-refractivity contribution in [2.45, 2.75) is 37.1 Å². The zero-order chi connectivity index (χ0) is 25.2. The number of nitro benzene ring substituents is 1. The van der Waals surface area contributed by atoms with Crippen molar-refractivity contribution in [3.63, 3.8) is 0 Å². The number of ether oxygens (including phenoxy) is 1. The molecule has 9 nitrogen and oxygen atoms in total. The first kappa shape index (κ1) is 24.4. The Morgan fingerprint density at radius 1 is 1.14 bits per heavy atom. The van der Waals surface area contributed by atoms with Gasteiger partial charge in [-0.05, 0) is 66.6 Å². The molecule has 0 saturated carbocycles. The molecule has 0 spiro atoms. The average molecular weight is 497 g/mol. The minimum atomic E-state index is -3.86. The van der Waals surface area contributed by atoms with E-state index in [2.05, 4.69) is 4.72 Å². The van der Waals surface area contributed by atoms with Crippen molar-refractivity contribution < 1.29 is 28.0 Å². The Labute approximate surface area is 202 Å². The maximum atomic E-state index is 13.1. The van der Waals surface area contributed by atoms with Gasteiger partial charge in [-0.1, -0.05) is 36.4 Å². The fourth-order valence-electron chi connectivity index (χ4n) is 4.28. The summed E-state index contributed by atoms with van der Waals surface area (Å²) in [5.41, 5.74) is 3.41. The Morgan fingerprint density at radius 2 is 1.86 bits per heavy atom. The lowest BCUT2D eigenvalue weighted by atomic mass is 9.87. The summed E-state index contributed by atoms with van der Waals surface area (Å²) in [6.45, 7) is 1.19. The van der Waals surface area contributed by atoms with Gasteiger partial charge >= 0.3 is 5.97 Å². The van der Waals surface area contributed by atoms with Crippen molar-refractivity contribution in [2.24, 2.45) is 0 Å². The number of carboxylic acid groups (broad SMARTS) is 1. The summed E-state index contributed by atoms with van der Waals surface area (Å²) in [6.07, 6.45) is 1.99. The largest absolute Gasteiger partial charge is 0.482 e. The number of nitrogens with zero attached hydrogens (tertiary/aromatic N) is 1. The van der Waals surface area contributed by atoms with E-state index < -0.39 is 33.6 Å². The van der Waals surface area contributed by atoms with Gasteiger partial charge in [-0.2, -0.15) is 0 Å². The van der Waals surface area contributed by atoms with Crippen LogP contribution in [0.5, 0.6) is 5.75 Å². The number of hydrogen-bond donors (Lipinski definition) is 2. The molecule has 3 aromatic carbocycles. The Hall–Kier alpha value is -3.76. The monoisotopic (exact) mass is 496 g/mol. The second-order valence-corrected chi connectivity index (χ2v) is 10.1. The van der Waals surface area contributed by atoms with Crippen LogP contribution in [0, 0.1) is 17.0 Å². The van der Waals surface area contributed by atoms with Crippen molar-refractivity contribution in [2.75, 3.05) is 6.61 Å². The fourth-order valence-corrected chi connectivity index (χ4v) is 5.53. The Balaban J connectivity index is 1.56. The van der Waals surface area contributed by atoms with Crippen LogP contribution in [0.1, 0.15) is 35.6 Å². The molecule has 0 unspecified atom stereocenters. The number of rotatable bonds is 8. The standard InChI is InChI=1S/C25H24N2O7S/c1-16-8-9-18(14-23(16)27(30)31)17-10-12-19(13-11-17)35(32,33)26-22-6-2-5-21-20(22)4-3-7-24(21)34-15-25(28)29/h3-4,7-14,22,26H,2,5-6,15H2,1H3,(H,28,29)/t22-/m1/s1. The zero-order valence-electron chi connectivity index (χ0n) is 18.9. The molecule has 0 aliphatic heterocycles. The number of benzene rings is 3. The van der Waals surface area contributed by atoms with Gasteiger partial charge in [0.05, 0.1) is 9.82 Å². The molecule has 0 heterocycles. The summed E-state index contributed by atoms with van der Waals surface area (Å²) >= 11 is 0. The Kier molecular flexibility index (Phi) is 6.86. The van der Waals surface area contributed by atoms with Crippen LogP contribution in [0.25, 0.3) is 11.1 Å². The summed E-state index contributed by atoms with van der Waals surface area (Å²) in [6, 6.07) is 15.8. The first-order valence-corrected chi connectivity index (χ1v) is 12.5. The maximum absolute atomic E-state index is 13.1. The van der Waals surface area contributed by atoms with E-state index in [4.69, 9.17) is 9.84 Å². The molecule has 1 atom stereocenters. The molecule has 10 heteroatoms. The van der Waals surface area contributed by atoms with E-state index in [1.165, 1.54) is 18.2 Å². The van der Waals surface area contributed by atoms with Gasteiger partial charge in [0.1, 0.15) is 5.75 Å². The van der Waals surface area contributed by atoms with E-state index in [0.717, 1.165) is 17.5 Å². The molecule has 0 saturated heterocycles. The van der Waals surface area contributed by atoms with Crippen LogP contribution in [0.4, 0.5) is 5.69 Å². The third-order valence-electron chi connectivity index (χ3n) is 6.02. The molecule has 0 radical (unpaired) electrons. The van der Waals surface area contributed by atoms with Gasteiger partial charge in [-0.15, -0.1) is 0 Å². The van der Waals surface area contributed by atoms with Crippen molar-refractivity contribution in [3.05, 3.63) is 87.5 Å². The number of carboxylic acids is 1. The number of nitrogens with one attached hydrogen (secondary N) is 1. The molecule has 182 valence electrons. The van der Waals surface area contributed by atoms with Crippen molar-refractivity contribution in [3.8, 4) is 16.9 Å². The highest BCUT2D eigenvalue weighted by atomic mass is 32.2. The zero-order valence-corrected chi connectivity index (χ0v) is 19.7. The van der Waals surface area contributed by atoms with Crippen LogP contribution in [-0.2, 0) is 21.2 Å². The third-order valence-corrected chi connectivity index (χ3v) is 7.50. The highest BCUT2D eigenvalue weighted by Gasteiger charge is 2.27. The van der Waals surface area contributed by atoms with Crippen LogP contribution >= 0.6 is 0 Å². The smallest absolute Gasteiger partial charge is 0.341 e. The van der Waals surface area contributed by atoms with Gasteiger partial charge in [-0.25, -0.2) is 17.9 Å². The van der Waals surface area contributed by atoms with Crippen molar-refractivity contribution in [1.82, 2.24) is 4.72 Å². The lowest BCUT2D eigenvalue weighted by Crippen LogP contribution is -2.31. The number of carbonyl (C=O) groups is 1. The molecule has 4 rings (SSSR count). The van der Waals surface area contributed by atoms with Crippen LogP contribution in [0.2, 0.25) is 0 Å². The highest BCUT2D eigenvalue weighted by Crippen LogP contribution is 2.36. The van der Waals surface area contributed by atoms with Gasteiger partial charge in [0, 0.05) is 17.7 Å². The minimum Gasteiger partial charge on any atom is -0.482 e. The lowest BCUT2D eigenvalue weighted by Gasteiger charge is -2.27. The van der Waals surface area contributed by atoms with Gasteiger partial charge < -0.3 is 9.84 Å². The van der Waals surface area contributed by atoms with Gasteiger partial charge in [0.15, 0.2) is 6.61 Å². The molecule has 1 aliphatic rings. The summed E-state index contributed by atoms with van der Waals surface area (Å²) in [5.74, 6) is -0.635. The van der Waals surface area contributed by atoms with Crippen LogP contribution in [0.3, 0.4) is 0 Å². The maximum Gasteiger partial charge on any atom is 0.341 e. The molecular weight excluding hydrogens is 472 g/mol. The van der Waals surface area contributed by atoms with E-state index in [1.54, 1.807) is 43.3 Å². The predicted octanol–water partition coefficient (Wildman–Crippen LogP) is 4.39. The van der Waals surface area contributed by atoms with E-state index in [9.17, 15) is 23.3 Å². The molecule has 35 heavy (non-hydrogen) atoms. The Morgan fingerprint density at radius 3 is 2.54 bits per heavy atom. The lowest BCUT2D eigenvalue weighted by molar-refractivity contribution is -0.385. The van der Waals surface area contributed by atoms with Crippen LogP contribution in [-0.4, -0.2) is 31.0 Å². The second-order valence-electron chi connectivity index (χ2n) is 8.36. The van der Waals surface area contributed by atoms with Gasteiger partial charge in [-0.3, -0.25) is 10.1 Å². The second kappa shape index (κ2) is 9.85. The summed E-state index contributed by atoms with van der Waals surface area (Å²) in [4.78, 5) is 21.8. The first-order chi connectivity index (χ1) is 16.7. The quantitative estimate of drug-likeness (QED) is 0.349. The molecule has 3 aromatic rings.